The number of aromatic nitrogens is 1. The average Bonchev–Trinajstić information content (AvgIpc) is 3.07. The Kier molecular flexibility index (Phi) is 4.71. The van der Waals surface area contributed by atoms with Crippen molar-refractivity contribution in [3.8, 4) is 0 Å². The van der Waals surface area contributed by atoms with Crippen LogP contribution in [0.5, 0.6) is 0 Å². The Labute approximate surface area is 143 Å². The van der Waals surface area contributed by atoms with Gasteiger partial charge in [-0.25, -0.2) is 9.78 Å². The van der Waals surface area contributed by atoms with Gasteiger partial charge in [-0.3, -0.25) is 4.79 Å². The molecule has 7 heteroatoms. The van der Waals surface area contributed by atoms with Crippen LogP contribution in [0, 0.1) is 13.8 Å². The Hall–Kier alpha value is -2.15. The molecule has 0 atom stereocenters. The van der Waals surface area contributed by atoms with Crippen LogP contribution in [0.2, 0.25) is 0 Å². The number of aromatic carboxylic acids is 1. The van der Waals surface area contributed by atoms with Gasteiger partial charge in [-0.2, -0.15) is 0 Å². The number of carboxylic acids is 1. The summed E-state index contributed by atoms with van der Waals surface area (Å²) in [6.45, 7) is 4.09. The van der Waals surface area contributed by atoms with Gasteiger partial charge in [0.25, 0.3) is 5.91 Å². The number of nitrogens with zero attached hydrogens (tertiary/aromatic N) is 1. The van der Waals surface area contributed by atoms with Crippen LogP contribution in [0.25, 0.3) is 0 Å². The molecule has 0 unspecified atom stereocenters. The largest absolute Gasteiger partial charge is 0.477 e. The van der Waals surface area contributed by atoms with Crippen molar-refractivity contribution in [3.63, 3.8) is 0 Å². The molecular weight excluding hydrogens is 328 g/mol. The van der Waals surface area contributed by atoms with Crippen molar-refractivity contribution in [2.75, 3.05) is 6.54 Å². The number of nitrogens with one attached hydrogen (secondary N) is 1. The van der Waals surface area contributed by atoms with E-state index < -0.39 is 5.97 Å². The molecular formula is C17H20N2O4S. The van der Waals surface area contributed by atoms with Crippen LogP contribution in [-0.2, 0) is 19.3 Å². The number of amides is 1. The standard InChI is InChI=1S/C17H20N2O4S/c1-9-13(19-10(2)23-9)7-8-18-16(20)14-11-5-3-4-6-12(11)15(24-14)17(21)22/h3-8H2,1-2H3,(H,18,20)(H,21,22). The van der Waals surface area contributed by atoms with Gasteiger partial charge in [0, 0.05) is 19.9 Å². The second-order valence-corrected chi connectivity index (χ2v) is 6.99. The minimum Gasteiger partial charge on any atom is -0.477 e. The average molecular weight is 348 g/mol. The lowest BCUT2D eigenvalue weighted by Gasteiger charge is -2.13. The van der Waals surface area contributed by atoms with Gasteiger partial charge in [0.2, 0.25) is 0 Å². The fraction of sp³-hybridized carbons (Fsp3) is 0.471. The lowest BCUT2D eigenvalue weighted by Crippen LogP contribution is -2.26. The molecule has 0 saturated heterocycles. The van der Waals surface area contributed by atoms with E-state index in [2.05, 4.69) is 10.3 Å². The number of fused-ring (bicyclic) bond motifs is 1. The van der Waals surface area contributed by atoms with Crippen molar-refractivity contribution >= 4 is 23.2 Å². The smallest absolute Gasteiger partial charge is 0.346 e. The maximum atomic E-state index is 12.5. The summed E-state index contributed by atoms with van der Waals surface area (Å²) in [5.74, 6) is 0.255. The number of oxazole rings is 1. The Morgan fingerprint density at radius 3 is 2.46 bits per heavy atom. The molecule has 1 aliphatic carbocycles. The molecule has 24 heavy (non-hydrogen) atoms. The van der Waals surface area contributed by atoms with E-state index >= 15 is 0 Å². The zero-order valence-corrected chi connectivity index (χ0v) is 14.6. The molecule has 0 bridgehead atoms. The van der Waals surface area contributed by atoms with Crippen LogP contribution in [-0.4, -0.2) is 28.5 Å². The topological polar surface area (TPSA) is 92.4 Å². The summed E-state index contributed by atoms with van der Waals surface area (Å²) < 4.78 is 5.37. The molecule has 2 aromatic rings. The molecule has 2 N–H and O–H groups in total. The van der Waals surface area contributed by atoms with Crippen molar-refractivity contribution in [1.82, 2.24) is 10.3 Å². The van der Waals surface area contributed by atoms with Crippen molar-refractivity contribution in [3.05, 3.63) is 38.2 Å². The summed E-state index contributed by atoms with van der Waals surface area (Å²) in [5.41, 5.74) is 2.62. The normalized spacial score (nSPS) is 13.6. The zero-order chi connectivity index (χ0) is 17.3. The molecule has 2 heterocycles. The molecule has 1 amide bonds. The maximum absolute atomic E-state index is 12.5. The highest BCUT2D eigenvalue weighted by Gasteiger charge is 2.27. The molecule has 6 nitrogen and oxygen atoms in total. The Bertz CT molecular complexity index is 791. The number of carboxylic acid groups (broad SMARTS) is 1. The van der Waals surface area contributed by atoms with Gasteiger partial charge in [0.05, 0.1) is 10.6 Å². The molecule has 3 rings (SSSR count). The first-order valence-corrected chi connectivity index (χ1v) is 8.88. The van der Waals surface area contributed by atoms with Gasteiger partial charge in [-0.05, 0) is 43.7 Å². The number of aryl methyl sites for hydroxylation is 2. The van der Waals surface area contributed by atoms with Gasteiger partial charge in [-0.1, -0.05) is 0 Å². The molecule has 2 aromatic heterocycles. The van der Waals surface area contributed by atoms with Crippen molar-refractivity contribution in [2.24, 2.45) is 0 Å². The van der Waals surface area contributed by atoms with Crippen molar-refractivity contribution in [1.29, 1.82) is 0 Å². The minimum absolute atomic E-state index is 0.191. The van der Waals surface area contributed by atoms with Crippen molar-refractivity contribution < 1.29 is 19.1 Å². The number of rotatable bonds is 5. The van der Waals surface area contributed by atoms with Gasteiger partial charge in [0.1, 0.15) is 10.6 Å². The first-order chi connectivity index (χ1) is 11.5. The lowest BCUT2D eigenvalue weighted by atomic mass is 9.92. The van der Waals surface area contributed by atoms with E-state index in [9.17, 15) is 14.7 Å². The van der Waals surface area contributed by atoms with E-state index in [0.29, 0.717) is 28.6 Å². The highest BCUT2D eigenvalue weighted by Crippen LogP contribution is 2.34. The quantitative estimate of drug-likeness (QED) is 0.867. The summed E-state index contributed by atoms with van der Waals surface area (Å²) in [6, 6.07) is 0. The highest BCUT2D eigenvalue weighted by molar-refractivity contribution is 7.16. The minimum atomic E-state index is -0.939. The zero-order valence-electron chi connectivity index (χ0n) is 13.8. The van der Waals surface area contributed by atoms with Gasteiger partial charge < -0.3 is 14.8 Å². The first-order valence-electron chi connectivity index (χ1n) is 8.06. The fourth-order valence-electron chi connectivity index (χ4n) is 3.17. The molecule has 0 aromatic carbocycles. The van der Waals surface area contributed by atoms with Crippen LogP contribution >= 0.6 is 11.3 Å². The predicted molar refractivity (Wildman–Crippen MR) is 89.9 cm³/mol. The Balaban J connectivity index is 1.71. The molecule has 0 spiro atoms. The number of thiophene rings is 1. The predicted octanol–water partition coefficient (Wildman–Crippen LogP) is 2.90. The number of hydrogen-bond acceptors (Lipinski definition) is 5. The van der Waals surface area contributed by atoms with E-state index in [0.717, 1.165) is 59.6 Å². The van der Waals surface area contributed by atoms with Crippen molar-refractivity contribution in [2.45, 2.75) is 46.0 Å². The summed E-state index contributed by atoms with van der Waals surface area (Å²) in [7, 11) is 0. The summed E-state index contributed by atoms with van der Waals surface area (Å²) >= 11 is 1.10. The third-order valence-corrected chi connectivity index (χ3v) is 5.53. The lowest BCUT2D eigenvalue weighted by molar-refractivity contribution is 0.0700. The second kappa shape index (κ2) is 6.76. The van der Waals surface area contributed by atoms with Gasteiger partial charge in [-0.15, -0.1) is 11.3 Å². The highest BCUT2D eigenvalue weighted by atomic mass is 32.1. The monoisotopic (exact) mass is 348 g/mol. The van der Waals surface area contributed by atoms with Crippen LogP contribution < -0.4 is 5.32 Å². The summed E-state index contributed by atoms with van der Waals surface area (Å²) in [4.78, 5) is 29.1. The molecule has 128 valence electrons. The van der Waals surface area contributed by atoms with Crippen LogP contribution in [0.1, 0.15) is 60.7 Å². The first kappa shape index (κ1) is 16.7. The summed E-state index contributed by atoms with van der Waals surface area (Å²) in [6.07, 6.45) is 4.10. The van der Waals surface area contributed by atoms with Crippen LogP contribution in [0.3, 0.4) is 0 Å². The van der Waals surface area contributed by atoms with E-state index in [4.69, 9.17) is 4.42 Å². The van der Waals surface area contributed by atoms with E-state index in [1.54, 1.807) is 6.92 Å². The molecule has 0 fully saturated rings. The van der Waals surface area contributed by atoms with E-state index in [1.807, 2.05) is 6.92 Å². The third-order valence-electron chi connectivity index (χ3n) is 4.27. The number of carbonyl (C=O) groups is 2. The van der Waals surface area contributed by atoms with E-state index in [-0.39, 0.29) is 5.91 Å². The molecule has 0 saturated carbocycles. The fourth-order valence-corrected chi connectivity index (χ4v) is 4.32. The summed E-state index contributed by atoms with van der Waals surface area (Å²) in [5, 5.41) is 12.2. The number of hydrogen-bond donors (Lipinski definition) is 2. The van der Waals surface area contributed by atoms with Gasteiger partial charge in [0.15, 0.2) is 5.89 Å². The van der Waals surface area contributed by atoms with Crippen LogP contribution in [0.15, 0.2) is 4.42 Å². The molecule has 0 aliphatic heterocycles. The number of carbonyl (C=O) groups excluding carboxylic acids is 1. The maximum Gasteiger partial charge on any atom is 0.346 e. The molecule has 1 aliphatic rings. The van der Waals surface area contributed by atoms with Crippen LogP contribution in [0.4, 0.5) is 0 Å². The van der Waals surface area contributed by atoms with Gasteiger partial charge >= 0.3 is 5.97 Å². The SMILES string of the molecule is Cc1nc(CCNC(=O)c2sc(C(=O)O)c3c2CCCC3)c(C)o1. The third kappa shape index (κ3) is 3.21. The molecule has 0 radical (unpaired) electrons. The Morgan fingerprint density at radius 2 is 1.88 bits per heavy atom. The Morgan fingerprint density at radius 1 is 1.21 bits per heavy atom. The van der Waals surface area contributed by atoms with E-state index in [1.165, 1.54) is 0 Å². The second-order valence-electron chi connectivity index (χ2n) is 5.97.